The molecule has 6 heteroatoms. The van der Waals surface area contributed by atoms with Gasteiger partial charge in [0, 0.05) is 32.7 Å². The fourth-order valence-corrected chi connectivity index (χ4v) is 2.70. The molecule has 0 spiro atoms. The minimum Gasteiger partial charge on any atom is -0.478 e. The highest BCUT2D eigenvalue weighted by molar-refractivity contribution is 6.02. The first-order valence-electron chi connectivity index (χ1n) is 7.55. The second-order valence-electron chi connectivity index (χ2n) is 5.99. The Bertz CT molecular complexity index is 631. The average molecular weight is 318 g/mol. The SMILES string of the molecule is C/C(=C\c1ccc(C(=O)O)c(C(=O)O)c1)CN1CCN(C)CC1. The third-order valence-corrected chi connectivity index (χ3v) is 3.99. The van der Waals surface area contributed by atoms with Crippen molar-refractivity contribution in [3.63, 3.8) is 0 Å². The van der Waals surface area contributed by atoms with Crippen LogP contribution in [-0.2, 0) is 0 Å². The van der Waals surface area contributed by atoms with Crippen molar-refractivity contribution in [2.45, 2.75) is 6.92 Å². The molecule has 1 aliphatic rings. The number of benzene rings is 1. The van der Waals surface area contributed by atoms with Gasteiger partial charge in [-0.25, -0.2) is 9.59 Å². The van der Waals surface area contributed by atoms with Gasteiger partial charge in [0.1, 0.15) is 0 Å². The minimum atomic E-state index is -1.23. The maximum absolute atomic E-state index is 11.2. The molecule has 23 heavy (non-hydrogen) atoms. The molecule has 124 valence electrons. The molecule has 1 heterocycles. The van der Waals surface area contributed by atoms with Crippen LogP contribution in [0.15, 0.2) is 23.8 Å². The van der Waals surface area contributed by atoms with Crippen LogP contribution in [0, 0.1) is 0 Å². The highest BCUT2D eigenvalue weighted by atomic mass is 16.4. The largest absolute Gasteiger partial charge is 0.478 e. The van der Waals surface area contributed by atoms with Gasteiger partial charge in [0.2, 0.25) is 0 Å². The van der Waals surface area contributed by atoms with E-state index in [1.165, 1.54) is 12.1 Å². The van der Waals surface area contributed by atoms with E-state index in [2.05, 4.69) is 16.8 Å². The zero-order chi connectivity index (χ0) is 17.0. The van der Waals surface area contributed by atoms with Crippen LogP contribution in [0.4, 0.5) is 0 Å². The summed E-state index contributed by atoms with van der Waals surface area (Å²) in [6, 6.07) is 4.41. The Morgan fingerprint density at radius 1 is 1.09 bits per heavy atom. The quantitative estimate of drug-likeness (QED) is 0.860. The van der Waals surface area contributed by atoms with Crippen LogP contribution in [0.2, 0.25) is 0 Å². The maximum Gasteiger partial charge on any atom is 0.336 e. The van der Waals surface area contributed by atoms with E-state index in [0.717, 1.165) is 38.3 Å². The molecule has 1 aliphatic heterocycles. The predicted octanol–water partition coefficient (Wildman–Crippen LogP) is 1.73. The minimum absolute atomic E-state index is 0.182. The van der Waals surface area contributed by atoms with Gasteiger partial charge in [0.15, 0.2) is 0 Å². The summed E-state index contributed by atoms with van der Waals surface area (Å²) < 4.78 is 0. The topological polar surface area (TPSA) is 81.1 Å². The third-order valence-electron chi connectivity index (χ3n) is 3.99. The van der Waals surface area contributed by atoms with Crippen LogP contribution in [-0.4, -0.2) is 71.7 Å². The number of aromatic carboxylic acids is 2. The Labute approximate surface area is 135 Å². The third kappa shape index (κ3) is 4.64. The first kappa shape index (κ1) is 17.2. The lowest BCUT2D eigenvalue weighted by Gasteiger charge is -2.32. The van der Waals surface area contributed by atoms with Crippen molar-refractivity contribution >= 4 is 18.0 Å². The van der Waals surface area contributed by atoms with Crippen LogP contribution >= 0.6 is 0 Å². The molecule has 0 saturated carbocycles. The molecule has 0 aromatic heterocycles. The average Bonchev–Trinajstić information content (AvgIpc) is 2.49. The number of piperazine rings is 1. The standard InChI is InChI=1S/C17H22N2O4/c1-12(11-19-7-5-18(2)6-8-19)9-13-3-4-14(16(20)21)15(10-13)17(22)23/h3-4,9-10H,5-8,11H2,1-2H3,(H,20,21)(H,22,23)/b12-9+. The van der Waals surface area contributed by atoms with E-state index in [-0.39, 0.29) is 11.1 Å². The number of carbonyl (C=O) groups is 2. The van der Waals surface area contributed by atoms with Crippen LogP contribution in [0.25, 0.3) is 6.08 Å². The molecule has 0 radical (unpaired) electrons. The summed E-state index contributed by atoms with van der Waals surface area (Å²) in [5, 5.41) is 18.2. The Hall–Kier alpha value is -2.18. The van der Waals surface area contributed by atoms with Crippen molar-refractivity contribution in [3.8, 4) is 0 Å². The second kappa shape index (κ2) is 7.39. The number of hydrogen-bond donors (Lipinski definition) is 2. The van der Waals surface area contributed by atoms with E-state index in [9.17, 15) is 9.59 Å². The molecule has 2 rings (SSSR count). The Balaban J connectivity index is 2.13. The number of nitrogens with zero attached hydrogens (tertiary/aromatic N) is 2. The summed E-state index contributed by atoms with van der Waals surface area (Å²) in [4.78, 5) is 26.9. The summed E-state index contributed by atoms with van der Waals surface area (Å²) in [6.45, 7) is 6.95. The monoisotopic (exact) mass is 318 g/mol. The molecule has 0 amide bonds. The zero-order valence-corrected chi connectivity index (χ0v) is 13.5. The summed E-state index contributed by atoms with van der Waals surface area (Å²) >= 11 is 0. The summed E-state index contributed by atoms with van der Waals surface area (Å²) in [5.41, 5.74) is 1.46. The molecule has 6 nitrogen and oxygen atoms in total. The van der Waals surface area contributed by atoms with Gasteiger partial charge >= 0.3 is 11.9 Å². The van der Waals surface area contributed by atoms with Gasteiger partial charge in [-0.3, -0.25) is 4.90 Å². The maximum atomic E-state index is 11.2. The van der Waals surface area contributed by atoms with Crippen molar-refractivity contribution in [2.75, 3.05) is 39.8 Å². The van der Waals surface area contributed by atoms with Gasteiger partial charge in [0.05, 0.1) is 11.1 Å². The first-order chi connectivity index (χ1) is 10.9. The molecule has 1 fully saturated rings. The lowest BCUT2D eigenvalue weighted by Crippen LogP contribution is -2.44. The molecule has 1 aromatic carbocycles. The van der Waals surface area contributed by atoms with Gasteiger partial charge in [-0.2, -0.15) is 0 Å². The summed E-state index contributed by atoms with van der Waals surface area (Å²) in [7, 11) is 2.11. The fourth-order valence-electron chi connectivity index (χ4n) is 2.70. The van der Waals surface area contributed by atoms with Gasteiger partial charge in [-0.05, 0) is 31.7 Å². The Morgan fingerprint density at radius 3 is 2.26 bits per heavy atom. The van der Waals surface area contributed by atoms with Gasteiger partial charge in [-0.15, -0.1) is 0 Å². The van der Waals surface area contributed by atoms with Crippen LogP contribution in [0.5, 0.6) is 0 Å². The van der Waals surface area contributed by atoms with Crippen LogP contribution < -0.4 is 0 Å². The molecule has 1 aromatic rings. The Morgan fingerprint density at radius 2 is 1.70 bits per heavy atom. The summed E-state index contributed by atoms with van der Waals surface area (Å²) in [6.07, 6.45) is 1.91. The van der Waals surface area contributed by atoms with Crippen molar-refractivity contribution in [3.05, 3.63) is 40.5 Å². The highest BCUT2D eigenvalue weighted by Crippen LogP contribution is 2.16. The predicted molar refractivity (Wildman–Crippen MR) is 87.9 cm³/mol. The Kier molecular flexibility index (Phi) is 5.52. The van der Waals surface area contributed by atoms with Crippen molar-refractivity contribution in [1.82, 2.24) is 9.80 Å². The van der Waals surface area contributed by atoms with E-state index in [1.54, 1.807) is 6.07 Å². The van der Waals surface area contributed by atoms with E-state index in [0.29, 0.717) is 5.56 Å². The van der Waals surface area contributed by atoms with Gasteiger partial charge in [-0.1, -0.05) is 17.7 Å². The fraction of sp³-hybridized carbons (Fsp3) is 0.412. The second-order valence-corrected chi connectivity index (χ2v) is 5.99. The van der Waals surface area contributed by atoms with E-state index in [4.69, 9.17) is 10.2 Å². The lowest BCUT2D eigenvalue weighted by atomic mass is 10.0. The van der Waals surface area contributed by atoms with E-state index < -0.39 is 11.9 Å². The van der Waals surface area contributed by atoms with Crippen LogP contribution in [0.3, 0.4) is 0 Å². The van der Waals surface area contributed by atoms with Crippen molar-refractivity contribution < 1.29 is 19.8 Å². The van der Waals surface area contributed by atoms with E-state index in [1.807, 2.05) is 13.0 Å². The molecule has 1 saturated heterocycles. The molecule has 0 unspecified atom stereocenters. The number of carboxylic acid groups (broad SMARTS) is 2. The first-order valence-corrected chi connectivity index (χ1v) is 7.55. The lowest BCUT2D eigenvalue weighted by molar-refractivity contribution is 0.0651. The highest BCUT2D eigenvalue weighted by Gasteiger charge is 2.16. The van der Waals surface area contributed by atoms with Crippen molar-refractivity contribution in [1.29, 1.82) is 0 Å². The number of carboxylic acids is 2. The normalized spacial score (nSPS) is 17.2. The molecule has 0 aliphatic carbocycles. The molecular formula is C17H22N2O4. The molecule has 2 N–H and O–H groups in total. The van der Waals surface area contributed by atoms with Gasteiger partial charge < -0.3 is 15.1 Å². The molecular weight excluding hydrogens is 296 g/mol. The molecule has 0 bridgehead atoms. The number of likely N-dealkylation sites (N-methyl/N-ethyl adjacent to an activating group) is 1. The smallest absolute Gasteiger partial charge is 0.336 e. The summed E-state index contributed by atoms with van der Waals surface area (Å²) in [5.74, 6) is -2.46. The zero-order valence-electron chi connectivity index (χ0n) is 13.5. The van der Waals surface area contributed by atoms with Gasteiger partial charge in [0.25, 0.3) is 0 Å². The number of hydrogen-bond acceptors (Lipinski definition) is 4. The van der Waals surface area contributed by atoms with Crippen LogP contribution in [0.1, 0.15) is 33.2 Å². The molecule has 0 atom stereocenters. The van der Waals surface area contributed by atoms with Crippen molar-refractivity contribution in [2.24, 2.45) is 0 Å². The van der Waals surface area contributed by atoms with E-state index >= 15 is 0 Å². The number of rotatable bonds is 5.